The molecule has 1 aliphatic heterocycles. The summed E-state index contributed by atoms with van der Waals surface area (Å²) < 4.78 is 7.48. The van der Waals surface area contributed by atoms with Crippen LogP contribution in [0.15, 0.2) is 11.2 Å². The lowest BCUT2D eigenvalue weighted by molar-refractivity contribution is 0.114. The monoisotopic (exact) mass is 469 g/mol. The highest BCUT2D eigenvalue weighted by Gasteiger charge is 2.28. The number of thioether (sulfide) groups is 1. The van der Waals surface area contributed by atoms with Gasteiger partial charge in [0.15, 0.2) is 5.65 Å². The molecule has 5 rings (SSSR count). The first-order valence-electron chi connectivity index (χ1n) is 11.5. The molecule has 2 aliphatic rings. The van der Waals surface area contributed by atoms with E-state index in [1.807, 2.05) is 24.7 Å². The molecule has 1 aliphatic carbocycles. The topological polar surface area (TPSA) is 124 Å². The number of ether oxygens (including phenoxy) is 1. The molecule has 1 unspecified atom stereocenters. The second-order valence-electron chi connectivity index (χ2n) is 9.12. The summed E-state index contributed by atoms with van der Waals surface area (Å²) in [6, 6.07) is 0.706. The quantitative estimate of drug-likeness (QED) is 0.483. The molecule has 0 aromatic carbocycles. The summed E-state index contributed by atoms with van der Waals surface area (Å²) in [7, 11) is 1.68. The summed E-state index contributed by atoms with van der Waals surface area (Å²) in [5, 5.41) is 20.5. The standard InChI is InChI=1S/C23H31N7O2S/c1-12-9-25-18(13(2)20(12)32-3)10-30-21-19-17(29-30)8-15(11-33-22(19)28-23(24)27-21)26-14-4-6-16(31)7-5-14/h9,14-16,26,31H,4-8,10-11H2,1-3H3,(H2,24,27,28)/t14-,15?,16-. The Hall–Kier alpha value is -2.43. The van der Waals surface area contributed by atoms with Gasteiger partial charge in [0.2, 0.25) is 5.95 Å². The first-order chi connectivity index (χ1) is 15.9. The third kappa shape index (κ3) is 4.39. The summed E-state index contributed by atoms with van der Waals surface area (Å²) in [5.74, 6) is 2.01. The van der Waals surface area contributed by atoms with Crippen molar-refractivity contribution in [2.45, 2.75) is 75.7 Å². The Kier molecular flexibility index (Phi) is 6.15. The highest BCUT2D eigenvalue weighted by atomic mass is 32.2. The minimum atomic E-state index is -0.151. The van der Waals surface area contributed by atoms with Crippen LogP contribution in [0.1, 0.15) is 48.2 Å². The fraction of sp³-hybridized carbons (Fsp3) is 0.565. The van der Waals surface area contributed by atoms with Crippen molar-refractivity contribution in [1.29, 1.82) is 0 Å². The van der Waals surface area contributed by atoms with Gasteiger partial charge < -0.3 is 20.9 Å². The lowest BCUT2D eigenvalue weighted by Gasteiger charge is -2.29. The Bertz CT molecular complexity index is 1170. The molecule has 4 N–H and O–H groups in total. The van der Waals surface area contributed by atoms with Crippen LogP contribution in [0.2, 0.25) is 0 Å². The molecular weight excluding hydrogens is 438 g/mol. The number of hydrogen-bond donors (Lipinski definition) is 3. The molecule has 0 amide bonds. The second-order valence-corrected chi connectivity index (χ2v) is 10.1. The van der Waals surface area contributed by atoms with Crippen LogP contribution in [0.4, 0.5) is 5.95 Å². The lowest BCUT2D eigenvalue weighted by Crippen LogP contribution is -2.43. The van der Waals surface area contributed by atoms with Gasteiger partial charge in [-0.3, -0.25) is 4.98 Å². The first-order valence-corrected chi connectivity index (χ1v) is 12.5. The van der Waals surface area contributed by atoms with Gasteiger partial charge in [0.1, 0.15) is 10.8 Å². The van der Waals surface area contributed by atoms with E-state index < -0.39 is 0 Å². The Morgan fingerprint density at radius 3 is 2.76 bits per heavy atom. The van der Waals surface area contributed by atoms with E-state index in [-0.39, 0.29) is 18.1 Å². The number of rotatable bonds is 5. The summed E-state index contributed by atoms with van der Waals surface area (Å²) in [5.41, 5.74) is 10.7. The number of aryl methyl sites for hydroxylation is 1. The van der Waals surface area contributed by atoms with E-state index in [9.17, 15) is 5.11 Å². The molecule has 0 bridgehead atoms. The van der Waals surface area contributed by atoms with Crippen molar-refractivity contribution in [3.05, 3.63) is 28.7 Å². The molecule has 176 valence electrons. The van der Waals surface area contributed by atoms with Gasteiger partial charge in [-0.1, -0.05) is 0 Å². The number of nitrogens with one attached hydrogen (secondary N) is 1. The number of hydrogen-bond acceptors (Lipinski definition) is 9. The number of aromatic nitrogens is 5. The number of methoxy groups -OCH3 is 1. The van der Waals surface area contributed by atoms with E-state index in [0.717, 1.165) is 82.2 Å². The van der Waals surface area contributed by atoms with E-state index in [4.69, 9.17) is 15.6 Å². The minimum absolute atomic E-state index is 0.151. The van der Waals surface area contributed by atoms with Crippen molar-refractivity contribution >= 4 is 28.7 Å². The molecule has 0 radical (unpaired) electrons. The van der Waals surface area contributed by atoms with Crippen LogP contribution in [0.3, 0.4) is 0 Å². The normalized spacial score (nSPS) is 23.0. The molecule has 0 saturated heterocycles. The second kappa shape index (κ2) is 9.08. The van der Waals surface area contributed by atoms with Gasteiger partial charge >= 0.3 is 0 Å². The highest BCUT2D eigenvalue weighted by Crippen LogP contribution is 2.34. The van der Waals surface area contributed by atoms with Crippen molar-refractivity contribution in [2.75, 3.05) is 18.6 Å². The van der Waals surface area contributed by atoms with Crippen LogP contribution < -0.4 is 15.8 Å². The zero-order chi connectivity index (χ0) is 23.1. The molecule has 10 heteroatoms. The predicted octanol–water partition coefficient (Wildman–Crippen LogP) is 2.39. The number of nitrogens with zero attached hydrogens (tertiary/aromatic N) is 5. The molecular formula is C23H31N7O2S. The molecule has 33 heavy (non-hydrogen) atoms. The smallest absolute Gasteiger partial charge is 0.223 e. The SMILES string of the molecule is COc1c(C)cnc(Cn2nc3c4c(nc(N)nc42)SCC(N[C@H]2CC[C@H](O)CC2)C3)c1C. The largest absolute Gasteiger partial charge is 0.496 e. The van der Waals surface area contributed by atoms with E-state index in [1.165, 1.54) is 0 Å². The number of nitrogen functional groups attached to an aromatic ring is 1. The van der Waals surface area contributed by atoms with Crippen molar-refractivity contribution in [1.82, 2.24) is 30.0 Å². The molecule has 3 aromatic heterocycles. The molecule has 1 saturated carbocycles. The number of aliphatic hydroxyl groups is 1. The predicted molar refractivity (Wildman–Crippen MR) is 129 cm³/mol. The maximum Gasteiger partial charge on any atom is 0.223 e. The first kappa shape index (κ1) is 22.4. The fourth-order valence-electron chi connectivity index (χ4n) is 5.01. The highest BCUT2D eigenvalue weighted by molar-refractivity contribution is 7.99. The average molecular weight is 470 g/mol. The van der Waals surface area contributed by atoms with Crippen LogP contribution in [0.25, 0.3) is 11.0 Å². The van der Waals surface area contributed by atoms with Crippen LogP contribution in [-0.4, -0.2) is 60.9 Å². The summed E-state index contributed by atoms with van der Waals surface area (Å²) in [6.45, 7) is 4.50. The zero-order valence-corrected chi connectivity index (χ0v) is 20.2. The van der Waals surface area contributed by atoms with Gasteiger partial charge in [-0.25, -0.2) is 9.67 Å². The molecule has 1 fully saturated rings. The van der Waals surface area contributed by atoms with Crippen molar-refractivity contribution in [3.8, 4) is 5.75 Å². The summed E-state index contributed by atoms with van der Waals surface area (Å²) in [6.07, 6.45) is 6.23. The molecule has 4 heterocycles. The van der Waals surface area contributed by atoms with E-state index in [1.54, 1.807) is 18.9 Å². The molecule has 1 atom stereocenters. The Labute approximate surface area is 197 Å². The van der Waals surface area contributed by atoms with Crippen molar-refractivity contribution in [3.63, 3.8) is 0 Å². The van der Waals surface area contributed by atoms with Gasteiger partial charge in [0.25, 0.3) is 0 Å². The number of nitrogens with two attached hydrogens (primary N) is 1. The van der Waals surface area contributed by atoms with Gasteiger partial charge in [-0.05, 0) is 39.5 Å². The third-order valence-corrected chi connectivity index (χ3v) is 7.86. The fourth-order valence-corrected chi connectivity index (χ4v) is 6.10. The number of anilines is 1. The summed E-state index contributed by atoms with van der Waals surface area (Å²) in [4.78, 5) is 13.7. The van der Waals surface area contributed by atoms with Gasteiger partial charge in [0.05, 0.1) is 36.5 Å². The number of pyridine rings is 1. The molecule has 9 nitrogen and oxygen atoms in total. The minimum Gasteiger partial charge on any atom is -0.496 e. The molecule has 3 aromatic rings. The van der Waals surface area contributed by atoms with Crippen LogP contribution >= 0.6 is 11.8 Å². The van der Waals surface area contributed by atoms with E-state index >= 15 is 0 Å². The van der Waals surface area contributed by atoms with Gasteiger partial charge in [0, 0.05) is 41.6 Å². The van der Waals surface area contributed by atoms with Crippen LogP contribution in [0, 0.1) is 13.8 Å². The Morgan fingerprint density at radius 1 is 1.21 bits per heavy atom. The summed E-state index contributed by atoms with van der Waals surface area (Å²) >= 11 is 1.71. The average Bonchev–Trinajstić information content (AvgIpc) is 3.02. The van der Waals surface area contributed by atoms with Crippen molar-refractivity contribution < 1.29 is 9.84 Å². The van der Waals surface area contributed by atoms with Crippen LogP contribution in [0.5, 0.6) is 5.75 Å². The van der Waals surface area contributed by atoms with Gasteiger partial charge in [-0.2, -0.15) is 10.1 Å². The van der Waals surface area contributed by atoms with E-state index in [2.05, 4.69) is 20.3 Å². The van der Waals surface area contributed by atoms with Gasteiger partial charge in [-0.15, -0.1) is 11.8 Å². The maximum atomic E-state index is 9.83. The number of aliphatic hydroxyl groups excluding tert-OH is 1. The Morgan fingerprint density at radius 2 is 2.00 bits per heavy atom. The maximum absolute atomic E-state index is 9.83. The lowest BCUT2D eigenvalue weighted by atomic mass is 9.92. The van der Waals surface area contributed by atoms with Crippen LogP contribution in [-0.2, 0) is 13.0 Å². The van der Waals surface area contributed by atoms with Crippen molar-refractivity contribution in [2.24, 2.45) is 0 Å². The molecule has 0 spiro atoms. The Balaban J connectivity index is 1.46. The third-order valence-electron chi connectivity index (χ3n) is 6.73. The van der Waals surface area contributed by atoms with E-state index in [0.29, 0.717) is 12.6 Å². The zero-order valence-electron chi connectivity index (χ0n) is 19.3.